The van der Waals surface area contributed by atoms with Crippen molar-refractivity contribution < 1.29 is 9.47 Å². The summed E-state index contributed by atoms with van der Waals surface area (Å²) in [6.07, 6.45) is 3.96. The third-order valence-electron chi connectivity index (χ3n) is 5.87. The minimum absolute atomic E-state index is 0.00363. The van der Waals surface area contributed by atoms with Crippen molar-refractivity contribution in [2.24, 2.45) is 0 Å². The molecule has 0 aliphatic carbocycles. The van der Waals surface area contributed by atoms with Crippen LogP contribution in [-0.2, 0) is 0 Å². The fraction of sp³-hybridized carbons (Fsp3) is 0.522. The van der Waals surface area contributed by atoms with Crippen molar-refractivity contribution in [3.8, 4) is 11.8 Å². The standard InChI is InChI=1S/C23H32N6O2/c1-15(2)20-14-24-29-21(20)26-23(31-18-9-11-28(4)12-10-18)27-22(29)25-16(3)17-7-6-8-19(13-17)30-5/h6-8,13-16,18H,9-12H2,1-5H3,(H,25,26,27)/t16-/m0/s1. The number of nitrogens with one attached hydrogen (secondary N) is 1. The van der Waals surface area contributed by atoms with Crippen molar-refractivity contribution in [2.75, 3.05) is 32.6 Å². The molecule has 1 aliphatic rings. The van der Waals surface area contributed by atoms with Gasteiger partial charge >= 0.3 is 6.01 Å². The third-order valence-corrected chi connectivity index (χ3v) is 5.87. The van der Waals surface area contributed by atoms with Crippen molar-refractivity contribution >= 4 is 11.6 Å². The number of anilines is 1. The summed E-state index contributed by atoms with van der Waals surface area (Å²) in [5.41, 5.74) is 2.96. The smallest absolute Gasteiger partial charge is 0.322 e. The Labute approximate surface area is 183 Å². The van der Waals surface area contributed by atoms with Gasteiger partial charge in [-0.3, -0.25) is 0 Å². The molecular formula is C23H32N6O2. The summed E-state index contributed by atoms with van der Waals surface area (Å²) in [6.45, 7) is 8.42. The molecule has 0 amide bonds. The number of hydrogen-bond donors (Lipinski definition) is 1. The van der Waals surface area contributed by atoms with Gasteiger partial charge in [-0.2, -0.15) is 19.6 Å². The quantitative estimate of drug-likeness (QED) is 0.616. The Morgan fingerprint density at radius 2 is 1.90 bits per heavy atom. The molecule has 3 aromatic rings. The Balaban J connectivity index is 1.65. The van der Waals surface area contributed by atoms with Gasteiger partial charge in [0.2, 0.25) is 5.95 Å². The van der Waals surface area contributed by atoms with E-state index in [0.29, 0.717) is 17.9 Å². The van der Waals surface area contributed by atoms with Gasteiger partial charge in [-0.1, -0.05) is 26.0 Å². The molecular weight excluding hydrogens is 392 g/mol. The molecule has 0 spiro atoms. The van der Waals surface area contributed by atoms with Crippen LogP contribution in [0, 0.1) is 0 Å². The van der Waals surface area contributed by atoms with Gasteiger partial charge in [0, 0.05) is 18.7 Å². The molecule has 1 fully saturated rings. The second kappa shape index (κ2) is 9.09. The van der Waals surface area contributed by atoms with Gasteiger partial charge in [-0.25, -0.2) is 0 Å². The van der Waals surface area contributed by atoms with Crippen LogP contribution in [-0.4, -0.2) is 57.8 Å². The second-order valence-electron chi connectivity index (χ2n) is 8.58. The second-order valence-corrected chi connectivity index (χ2v) is 8.58. The van der Waals surface area contributed by atoms with Crippen LogP contribution in [0.25, 0.3) is 5.65 Å². The highest BCUT2D eigenvalue weighted by Crippen LogP contribution is 2.27. The van der Waals surface area contributed by atoms with Crippen molar-refractivity contribution in [3.05, 3.63) is 41.6 Å². The predicted molar refractivity (Wildman–Crippen MR) is 121 cm³/mol. The van der Waals surface area contributed by atoms with Crippen LogP contribution in [0.1, 0.15) is 56.7 Å². The summed E-state index contributed by atoms with van der Waals surface area (Å²) < 4.78 is 13.4. The fourth-order valence-corrected chi connectivity index (χ4v) is 3.87. The van der Waals surface area contributed by atoms with E-state index in [2.05, 4.69) is 49.2 Å². The van der Waals surface area contributed by atoms with E-state index in [9.17, 15) is 0 Å². The summed E-state index contributed by atoms with van der Waals surface area (Å²) >= 11 is 0. The van der Waals surface area contributed by atoms with Gasteiger partial charge in [0.1, 0.15) is 11.9 Å². The minimum atomic E-state index is -0.00363. The fourth-order valence-electron chi connectivity index (χ4n) is 3.87. The maximum atomic E-state index is 6.23. The van der Waals surface area contributed by atoms with Gasteiger partial charge in [-0.15, -0.1) is 0 Å². The van der Waals surface area contributed by atoms with Crippen LogP contribution in [0.3, 0.4) is 0 Å². The van der Waals surface area contributed by atoms with E-state index in [0.717, 1.165) is 48.5 Å². The molecule has 0 bridgehead atoms. The molecule has 1 saturated heterocycles. The number of rotatable bonds is 7. The Morgan fingerprint density at radius 3 is 2.61 bits per heavy atom. The number of benzene rings is 1. The molecule has 1 aromatic carbocycles. The van der Waals surface area contributed by atoms with Gasteiger partial charge in [0.15, 0.2) is 5.65 Å². The van der Waals surface area contributed by atoms with Crippen LogP contribution in [0.2, 0.25) is 0 Å². The highest BCUT2D eigenvalue weighted by Gasteiger charge is 2.22. The van der Waals surface area contributed by atoms with Crippen LogP contribution in [0.15, 0.2) is 30.5 Å². The van der Waals surface area contributed by atoms with Crippen molar-refractivity contribution in [1.29, 1.82) is 0 Å². The molecule has 8 heteroatoms. The summed E-state index contributed by atoms with van der Waals surface area (Å²) in [5, 5.41) is 8.06. The van der Waals surface area contributed by atoms with Gasteiger partial charge in [0.25, 0.3) is 0 Å². The van der Waals surface area contributed by atoms with Crippen molar-refractivity contribution in [1.82, 2.24) is 24.5 Å². The molecule has 166 valence electrons. The Morgan fingerprint density at radius 1 is 1.13 bits per heavy atom. The summed E-state index contributed by atoms with van der Waals surface area (Å²) in [7, 11) is 3.82. The Hall–Kier alpha value is -2.87. The van der Waals surface area contributed by atoms with Gasteiger partial charge in [-0.05, 0) is 50.4 Å². The third kappa shape index (κ3) is 4.74. The summed E-state index contributed by atoms with van der Waals surface area (Å²) in [5.74, 6) is 1.74. The van der Waals surface area contributed by atoms with E-state index in [1.807, 2.05) is 24.4 Å². The first-order chi connectivity index (χ1) is 14.9. The molecule has 0 saturated carbocycles. The average molecular weight is 425 g/mol. The highest BCUT2D eigenvalue weighted by molar-refractivity contribution is 5.53. The van der Waals surface area contributed by atoms with Crippen LogP contribution < -0.4 is 14.8 Å². The molecule has 1 aliphatic heterocycles. The van der Waals surface area contributed by atoms with E-state index < -0.39 is 0 Å². The first-order valence-corrected chi connectivity index (χ1v) is 11.0. The van der Waals surface area contributed by atoms with Crippen LogP contribution in [0.4, 0.5) is 5.95 Å². The zero-order valence-corrected chi connectivity index (χ0v) is 19.0. The first kappa shape index (κ1) is 21.4. The van der Waals surface area contributed by atoms with E-state index in [4.69, 9.17) is 19.4 Å². The van der Waals surface area contributed by atoms with Gasteiger partial charge < -0.3 is 19.7 Å². The number of piperidine rings is 1. The molecule has 1 atom stereocenters. The SMILES string of the molecule is COc1cccc([C@H](C)Nc2nc(OC3CCN(C)CC3)nc3c(C(C)C)cnn23)c1. The van der Waals surface area contributed by atoms with E-state index in [1.54, 1.807) is 11.6 Å². The van der Waals surface area contributed by atoms with Crippen LogP contribution >= 0.6 is 0 Å². The lowest BCUT2D eigenvalue weighted by atomic mass is 10.1. The molecule has 8 nitrogen and oxygen atoms in total. The maximum Gasteiger partial charge on any atom is 0.322 e. The molecule has 1 N–H and O–H groups in total. The number of fused-ring (bicyclic) bond motifs is 1. The number of methoxy groups -OCH3 is 1. The zero-order valence-electron chi connectivity index (χ0n) is 19.0. The lowest BCUT2D eigenvalue weighted by Gasteiger charge is -2.28. The molecule has 0 unspecified atom stereocenters. The van der Waals surface area contributed by atoms with Gasteiger partial charge in [0.05, 0.1) is 19.3 Å². The lowest BCUT2D eigenvalue weighted by molar-refractivity contribution is 0.105. The lowest BCUT2D eigenvalue weighted by Crippen LogP contribution is -2.36. The Kier molecular flexibility index (Phi) is 6.27. The Bertz CT molecular complexity index is 1030. The molecule has 31 heavy (non-hydrogen) atoms. The molecule has 2 aromatic heterocycles. The van der Waals surface area contributed by atoms with Crippen LogP contribution in [0.5, 0.6) is 11.8 Å². The summed E-state index contributed by atoms with van der Waals surface area (Å²) in [4.78, 5) is 11.8. The molecule has 0 radical (unpaired) electrons. The number of likely N-dealkylation sites (tertiary alicyclic amines) is 1. The van der Waals surface area contributed by atoms with Crippen molar-refractivity contribution in [3.63, 3.8) is 0 Å². The summed E-state index contributed by atoms with van der Waals surface area (Å²) in [6, 6.07) is 8.42. The van der Waals surface area contributed by atoms with E-state index >= 15 is 0 Å². The number of aromatic nitrogens is 4. The number of hydrogen-bond acceptors (Lipinski definition) is 7. The minimum Gasteiger partial charge on any atom is -0.497 e. The molecule has 4 rings (SSSR count). The predicted octanol–water partition coefficient (Wildman–Crippen LogP) is 3.90. The largest absolute Gasteiger partial charge is 0.497 e. The zero-order chi connectivity index (χ0) is 22.0. The topological polar surface area (TPSA) is 76.8 Å². The van der Waals surface area contributed by atoms with E-state index in [1.165, 1.54) is 0 Å². The maximum absolute atomic E-state index is 6.23. The highest BCUT2D eigenvalue weighted by atomic mass is 16.5. The van der Waals surface area contributed by atoms with Crippen molar-refractivity contribution in [2.45, 2.75) is 51.7 Å². The number of ether oxygens (including phenoxy) is 2. The molecule has 3 heterocycles. The van der Waals surface area contributed by atoms with E-state index in [-0.39, 0.29) is 12.1 Å². The number of nitrogens with zero attached hydrogens (tertiary/aromatic N) is 5. The normalized spacial score (nSPS) is 16.6. The first-order valence-electron chi connectivity index (χ1n) is 11.0. The monoisotopic (exact) mass is 424 g/mol. The average Bonchev–Trinajstić information content (AvgIpc) is 3.20.